The molecule has 0 aliphatic carbocycles. The molecule has 3 rings (SSSR count). The number of azo groups is 1. The minimum Gasteiger partial charge on any atom is -0.399 e. The summed E-state index contributed by atoms with van der Waals surface area (Å²) in [6.45, 7) is 0. The fraction of sp³-hybridized carbons (Fsp3) is 0. The van der Waals surface area contributed by atoms with Gasteiger partial charge >= 0.3 is 0 Å². The highest BCUT2D eigenvalue weighted by Crippen LogP contribution is 2.27. The Morgan fingerprint density at radius 1 is 0.684 bits per heavy atom. The number of hydrogen-bond acceptors (Lipinski definition) is 3. The van der Waals surface area contributed by atoms with Crippen LogP contribution < -0.4 is 5.73 Å². The monoisotopic (exact) mass is 247 g/mol. The van der Waals surface area contributed by atoms with Gasteiger partial charge in [-0.05, 0) is 35.7 Å². The van der Waals surface area contributed by atoms with Crippen LogP contribution >= 0.6 is 0 Å². The van der Waals surface area contributed by atoms with Crippen LogP contribution in [0.1, 0.15) is 0 Å². The summed E-state index contributed by atoms with van der Waals surface area (Å²) < 4.78 is 0. The molecule has 0 radical (unpaired) electrons. The van der Waals surface area contributed by atoms with E-state index in [-0.39, 0.29) is 0 Å². The fourth-order valence-corrected chi connectivity index (χ4v) is 1.95. The van der Waals surface area contributed by atoms with Crippen LogP contribution in [0.5, 0.6) is 0 Å². The van der Waals surface area contributed by atoms with Gasteiger partial charge in [0.1, 0.15) is 0 Å². The van der Waals surface area contributed by atoms with Crippen molar-refractivity contribution in [1.82, 2.24) is 0 Å². The molecule has 0 aromatic heterocycles. The zero-order valence-electron chi connectivity index (χ0n) is 10.3. The Balaban J connectivity index is 1.99. The zero-order chi connectivity index (χ0) is 13.1. The van der Waals surface area contributed by atoms with E-state index in [1.54, 1.807) is 0 Å². The van der Waals surface area contributed by atoms with Crippen molar-refractivity contribution in [3.8, 4) is 0 Å². The molecule has 0 fully saturated rings. The van der Waals surface area contributed by atoms with E-state index in [0.29, 0.717) is 0 Å². The molecule has 3 nitrogen and oxygen atoms in total. The van der Waals surface area contributed by atoms with Gasteiger partial charge in [0, 0.05) is 11.1 Å². The van der Waals surface area contributed by atoms with E-state index in [9.17, 15) is 0 Å². The van der Waals surface area contributed by atoms with Gasteiger partial charge in [-0.25, -0.2) is 0 Å². The van der Waals surface area contributed by atoms with Crippen molar-refractivity contribution in [1.29, 1.82) is 0 Å². The number of hydrogen-bond donors (Lipinski definition) is 1. The average Bonchev–Trinajstić information content (AvgIpc) is 2.47. The quantitative estimate of drug-likeness (QED) is 0.511. The van der Waals surface area contributed by atoms with Gasteiger partial charge in [-0.15, -0.1) is 5.11 Å². The largest absolute Gasteiger partial charge is 0.399 e. The molecular formula is C16H13N3. The second-order valence-electron chi connectivity index (χ2n) is 4.29. The van der Waals surface area contributed by atoms with Crippen LogP contribution in [0.3, 0.4) is 0 Å². The molecule has 0 amide bonds. The maximum Gasteiger partial charge on any atom is 0.0935 e. The molecule has 3 heteroatoms. The molecule has 2 N–H and O–H groups in total. The lowest BCUT2D eigenvalue weighted by Crippen LogP contribution is -1.80. The summed E-state index contributed by atoms with van der Waals surface area (Å²) in [4.78, 5) is 0. The summed E-state index contributed by atoms with van der Waals surface area (Å²) in [5, 5.41) is 10.8. The first-order valence-corrected chi connectivity index (χ1v) is 6.08. The van der Waals surface area contributed by atoms with E-state index in [0.717, 1.165) is 27.8 Å². The van der Waals surface area contributed by atoms with Crippen LogP contribution in [0.25, 0.3) is 10.8 Å². The second kappa shape index (κ2) is 4.90. The van der Waals surface area contributed by atoms with Crippen molar-refractivity contribution < 1.29 is 0 Å². The first-order chi connectivity index (χ1) is 9.33. The standard InChI is InChI=1S/C16H13N3/c17-13-8-10-14(11-9-13)18-19-16-7-3-5-12-4-1-2-6-15(12)16/h1-11H,17H2. The molecule has 0 spiro atoms. The van der Waals surface area contributed by atoms with Crippen molar-refractivity contribution >= 4 is 27.8 Å². The van der Waals surface area contributed by atoms with Gasteiger partial charge in [0.25, 0.3) is 0 Å². The van der Waals surface area contributed by atoms with Gasteiger partial charge in [-0.3, -0.25) is 0 Å². The Hall–Kier alpha value is -2.68. The van der Waals surface area contributed by atoms with Gasteiger partial charge in [-0.1, -0.05) is 36.4 Å². The van der Waals surface area contributed by atoms with E-state index in [1.807, 2.05) is 54.6 Å². The van der Waals surface area contributed by atoms with Gasteiger partial charge in [0.2, 0.25) is 0 Å². The van der Waals surface area contributed by atoms with Gasteiger partial charge in [0.05, 0.1) is 11.4 Å². The topological polar surface area (TPSA) is 50.7 Å². The molecule has 92 valence electrons. The van der Waals surface area contributed by atoms with Crippen LogP contribution in [0.2, 0.25) is 0 Å². The molecule has 0 heterocycles. The van der Waals surface area contributed by atoms with Gasteiger partial charge in [0.15, 0.2) is 0 Å². The fourth-order valence-electron chi connectivity index (χ4n) is 1.95. The highest BCUT2D eigenvalue weighted by atomic mass is 15.1. The van der Waals surface area contributed by atoms with Crippen LogP contribution in [0, 0.1) is 0 Å². The number of nitrogens with zero attached hydrogens (tertiary/aromatic N) is 2. The third-order valence-electron chi connectivity index (χ3n) is 2.93. The molecule has 0 bridgehead atoms. The lowest BCUT2D eigenvalue weighted by atomic mass is 10.1. The van der Waals surface area contributed by atoms with Gasteiger partial charge in [-0.2, -0.15) is 5.11 Å². The van der Waals surface area contributed by atoms with Crippen LogP contribution in [0.4, 0.5) is 17.1 Å². The van der Waals surface area contributed by atoms with Crippen LogP contribution in [-0.4, -0.2) is 0 Å². The number of nitrogen functional groups attached to an aromatic ring is 1. The predicted octanol–water partition coefficient (Wildman–Crippen LogP) is 4.84. The third kappa shape index (κ3) is 2.45. The summed E-state index contributed by atoms with van der Waals surface area (Å²) in [5.74, 6) is 0. The maximum atomic E-state index is 5.64. The summed E-state index contributed by atoms with van der Waals surface area (Å²) in [7, 11) is 0. The van der Waals surface area contributed by atoms with Crippen molar-refractivity contribution in [3.63, 3.8) is 0 Å². The summed E-state index contributed by atoms with van der Waals surface area (Å²) >= 11 is 0. The Kier molecular flexibility index (Phi) is 2.94. The second-order valence-corrected chi connectivity index (χ2v) is 4.29. The minimum absolute atomic E-state index is 0.726. The molecule has 0 aliphatic rings. The number of rotatable bonds is 2. The number of fused-ring (bicyclic) bond motifs is 1. The molecule has 0 saturated heterocycles. The molecule has 19 heavy (non-hydrogen) atoms. The minimum atomic E-state index is 0.726. The smallest absolute Gasteiger partial charge is 0.0935 e. The van der Waals surface area contributed by atoms with E-state index < -0.39 is 0 Å². The highest BCUT2D eigenvalue weighted by molar-refractivity contribution is 5.92. The summed E-state index contributed by atoms with van der Waals surface area (Å²) in [6.07, 6.45) is 0. The number of anilines is 1. The maximum absolute atomic E-state index is 5.64. The SMILES string of the molecule is Nc1ccc(N=Nc2cccc3ccccc23)cc1. The first kappa shape index (κ1) is 11.4. The molecule has 0 unspecified atom stereocenters. The Morgan fingerprint density at radius 3 is 2.26 bits per heavy atom. The third-order valence-corrected chi connectivity index (χ3v) is 2.93. The molecule has 0 saturated carbocycles. The van der Waals surface area contributed by atoms with Crippen molar-refractivity contribution in [2.24, 2.45) is 10.2 Å². The lowest BCUT2D eigenvalue weighted by Gasteiger charge is -2.00. The Bertz CT molecular complexity index is 725. The first-order valence-electron chi connectivity index (χ1n) is 6.08. The summed E-state index contributed by atoms with van der Waals surface area (Å²) in [6, 6.07) is 21.5. The summed E-state index contributed by atoms with van der Waals surface area (Å²) in [5.41, 5.74) is 8.03. The Labute approximate surface area is 111 Å². The lowest BCUT2D eigenvalue weighted by molar-refractivity contribution is 1.24. The van der Waals surface area contributed by atoms with E-state index in [1.165, 1.54) is 0 Å². The number of benzene rings is 3. The molecular weight excluding hydrogens is 234 g/mol. The molecule has 0 aliphatic heterocycles. The Morgan fingerprint density at radius 2 is 1.42 bits per heavy atom. The molecule has 3 aromatic carbocycles. The number of nitrogens with two attached hydrogens (primary N) is 1. The molecule has 0 atom stereocenters. The van der Waals surface area contributed by atoms with E-state index in [4.69, 9.17) is 5.73 Å². The van der Waals surface area contributed by atoms with E-state index >= 15 is 0 Å². The van der Waals surface area contributed by atoms with Gasteiger partial charge < -0.3 is 5.73 Å². The normalized spacial score (nSPS) is 11.2. The van der Waals surface area contributed by atoms with Crippen LogP contribution in [-0.2, 0) is 0 Å². The van der Waals surface area contributed by atoms with Crippen LogP contribution in [0.15, 0.2) is 77.0 Å². The van der Waals surface area contributed by atoms with E-state index in [2.05, 4.69) is 22.4 Å². The highest BCUT2D eigenvalue weighted by Gasteiger charge is 1.98. The van der Waals surface area contributed by atoms with Crippen molar-refractivity contribution in [3.05, 3.63) is 66.7 Å². The molecule has 3 aromatic rings. The van der Waals surface area contributed by atoms with Crippen molar-refractivity contribution in [2.45, 2.75) is 0 Å². The average molecular weight is 247 g/mol. The zero-order valence-corrected chi connectivity index (χ0v) is 10.3. The van der Waals surface area contributed by atoms with Crippen molar-refractivity contribution in [2.75, 3.05) is 5.73 Å². The predicted molar refractivity (Wildman–Crippen MR) is 79.0 cm³/mol.